The number of likely N-dealkylation sites (N-methyl/N-ethyl adjacent to an activating group) is 1. The topological polar surface area (TPSA) is 86.4 Å². The van der Waals surface area contributed by atoms with E-state index in [1.807, 2.05) is 13.0 Å². The molecule has 118 valence electrons. The summed E-state index contributed by atoms with van der Waals surface area (Å²) in [4.78, 5) is 24.7. The zero-order chi connectivity index (χ0) is 16.5. The molecule has 1 rings (SSSR count). The molecule has 0 bridgehead atoms. The standard InChI is InChI=1S/C16H22N4O2/c1-4-9-18-15(21)11-20(3)12(2)16(22)19-14-8-6-5-7-13(14)10-17/h5-8,12H,4,9,11H2,1-3H3,(H,18,21)(H,19,22)/p+1/t12-/m0/s1. The molecule has 6 nitrogen and oxygen atoms in total. The number of nitrogens with one attached hydrogen (secondary N) is 3. The summed E-state index contributed by atoms with van der Waals surface area (Å²) in [7, 11) is 1.80. The van der Waals surface area contributed by atoms with Crippen LogP contribution < -0.4 is 15.5 Å². The number of para-hydroxylation sites is 1. The van der Waals surface area contributed by atoms with Crippen molar-refractivity contribution in [2.45, 2.75) is 26.3 Å². The molecule has 0 aromatic heterocycles. The molecule has 6 heteroatoms. The average Bonchev–Trinajstić information content (AvgIpc) is 2.52. The number of rotatable bonds is 7. The second kappa shape index (κ2) is 8.80. The summed E-state index contributed by atoms with van der Waals surface area (Å²) in [5, 5.41) is 14.6. The molecule has 0 fully saturated rings. The molecule has 1 aromatic carbocycles. The maximum absolute atomic E-state index is 12.2. The SMILES string of the molecule is CCCNC(=O)C[NH+](C)[C@@H](C)C(=O)Nc1ccccc1C#N. The Kier molecular flexibility index (Phi) is 7.06. The molecule has 0 spiro atoms. The number of anilines is 1. The molecule has 0 aliphatic rings. The Morgan fingerprint density at radius 1 is 1.36 bits per heavy atom. The second-order valence-corrected chi connectivity index (χ2v) is 5.24. The van der Waals surface area contributed by atoms with Gasteiger partial charge in [0, 0.05) is 6.54 Å². The molecule has 0 saturated carbocycles. The molecule has 0 heterocycles. The van der Waals surface area contributed by atoms with Crippen LogP contribution in [-0.4, -0.2) is 38.0 Å². The summed E-state index contributed by atoms with van der Waals surface area (Å²) in [6.07, 6.45) is 0.881. The number of nitrogens with zero attached hydrogens (tertiary/aromatic N) is 1. The Morgan fingerprint density at radius 2 is 2.05 bits per heavy atom. The third-order valence-corrected chi connectivity index (χ3v) is 3.45. The number of carbonyl (C=O) groups is 2. The van der Waals surface area contributed by atoms with Crippen LogP contribution in [0.4, 0.5) is 5.69 Å². The first-order valence-electron chi connectivity index (χ1n) is 7.38. The third-order valence-electron chi connectivity index (χ3n) is 3.45. The Hall–Kier alpha value is -2.39. The van der Waals surface area contributed by atoms with Gasteiger partial charge in [0.1, 0.15) is 6.07 Å². The van der Waals surface area contributed by atoms with Gasteiger partial charge in [0.2, 0.25) is 0 Å². The lowest BCUT2D eigenvalue weighted by molar-refractivity contribution is -0.885. The van der Waals surface area contributed by atoms with Crippen molar-refractivity contribution in [3.8, 4) is 6.07 Å². The van der Waals surface area contributed by atoms with E-state index in [0.29, 0.717) is 17.8 Å². The van der Waals surface area contributed by atoms with Crippen molar-refractivity contribution in [1.82, 2.24) is 5.32 Å². The minimum absolute atomic E-state index is 0.0728. The summed E-state index contributed by atoms with van der Waals surface area (Å²) in [6, 6.07) is 8.47. The number of carbonyl (C=O) groups excluding carboxylic acids is 2. The number of hydrogen-bond acceptors (Lipinski definition) is 3. The predicted octanol–water partition coefficient (Wildman–Crippen LogP) is -0.0738. The maximum atomic E-state index is 12.2. The van der Waals surface area contributed by atoms with Crippen LogP contribution in [0.3, 0.4) is 0 Å². The molecule has 0 aliphatic heterocycles. The van der Waals surface area contributed by atoms with E-state index >= 15 is 0 Å². The number of amides is 2. The summed E-state index contributed by atoms with van der Waals surface area (Å²) >= 11 is 0. The Balaban J connectivity index is 2.61. The summed E-state index contributed by atoms with van der Waals surface area (Å²) in [5.41, 5.74) is 0.909. The van der Waals surface area contributed by atoms with Gasteiger partial charge < -0.3 is 15.5 Å². The molecule has 3 N–H and O–H groups in total. The van der Waals surface area contributed by atoms with Gasteiger partial charge in [-0.2, -0.15) is 5.26 Å². The number of hydrogen-bond donors (Lipinski definition) is 3. The van der Waals surface area contributed by atoms with Crippen molar-refractivity contribution in [2.75, 3.05) is 25.5 Å². The van der Waals surface area contributed by atoms with Crippen LogP contribution in [0.2, 0.25) is 0 Å². The van der Waals surface area contributed by atoms with E-state index in [1.54, 1.807) is 38.2 Å². The lowest BCUT2D eigenvalue weighted by Crippen LogP contribution is -3.15. The van der Waals surface area contributed by atoms with Crippen molar-refractivity contribution in [2.24, 2.45) is 0 Å². The Morgan fingerprint density at radius 3 is 2.68 bits per heavy atom. The fourth-order valence-corrected chi connectivity index (χ4v) is 1.89. The van der Waals surface area contributed by atoms with Gasteiger partial charge in [0.05, 0.1) is 18.3 Å². The monoisotopic (exact) mass is 303 g/mol. The van der Waals surface area contributed by atoms with E-state index in [9.17, 15) is 9.59 Å². The van der Waals surface area contributed by atoms with Gasteiger partial charge in [-0.1, -0.05) is 19.1 Å². The minimum Gasteiger partial charge on any atom is -0.351 e. The summed E-state index contributed by atoms with van der Waals surface area (Å²) in [6.45, 7) is 4.61. The predicted molar refractivity (Wildman–Crippen MR) is 84.3 cm³/mol. The van der Waals surface area contributed by atoms with Crippen LogP contribution in [0.25, 0.3) is 0 Å². The van der Waals surface area contributed by atoms with E-state index in [-0.39, 0.29) is 18.4 Å². The molecular formula is C16H23N4O2+. The lowest BCUT2D eigenvalue weighted by Gasteiger charge is -2.20. The zero-order valence-corrected chi connectivity index (χ0v) is 13.3. The van der Waals surface area contributed by atoms with Crippen molar-refractivity contribution >= 4 is 17.5 Å². The fraction of sp³-hybridized carbons (Fsp3) is 0.438. The Labute approximate surface area is 131 Å². The van der Waals surface area contributed by atoms with Crippen LogP contribution in [0, 0.1) is 11.3 Å². The third kappa shape index (κ3) is 5.19. The second-order valence-electron chi connectivity index (χ2n) is 5.24. The highest BCUT2D eigenvalue weighted by atomic mass is 16.2. The zero-order valence-electron chi connectivity index (χ0n) is 13.3. The van der Waals surface area contributed by atoms with Crippen LogP contribution in [0.5, 0.6) is 0 Å². The first-order valence-corrected chi connectivity index (χ1v) is 7.38. The van der Waals surface area contributed by atoms with Crippen molar-refractivity contribution in [3.63, 3.8) is 0 Å². The maximum Gasteiger partial charge on any atom is 0.282 e. The Bertz CT molecular complexity index is 566. The smallest absolute Gasteiger partial charge is 0.282 e. The molecule has 2 amide bonds. The van der Waals surface area contributed by atoms with E-state index in [0.717, 1.165) is 11.3 Å². The highest BCUT2D eigenvalue weighted by Gasteiger charge is 2.24. The first kappa shape index (κ1) is 17.7. The van der Waals surface area contributed by atoms with Gasteiger partial charge >= 0.3 is 0 Å². The largest absolute Gasteiger partial charge is 0.351 e. The molecule has 0 radical (unpaired) electrons. The molecule has 22 heavy (non-hydrogen) atoms. The number of quaternary nitrogens is 1. The van der Waals surface area contributed by atoms with Crippen molar-refractivity contribution in [1.29, 1.82) is 5.26 Å². The first-order chi connectivity index (χ1) is 10.5. The minimum atomic E-state index is -0.404. The normalized spacial score (nSPS) is 12.8. The highest BCUT2D eigenvalue weighted by Crippen LogP contribution is 2.13. The van der Waals surface area contributed by atoms with Crippen molar-refractivity contribution < 1.29 is 14.5 Å². The van der Waals surface area contributed by atoms with E-state index in [1.165, 1.54) is 0 Å². The molecule has 1 aromatic rings. The highest BCUT2D eigenvalue weighted by molar-refractivity contribution is 5.94. The van der Waals surface area contributed by atoms with E-state index in [2.05, 4.69) is 10.6 Å². The molecule has 0 aliphatic carbocycles. The summed E-state index contributed by atoms with van der Waals surface area (Å²) < 4.78 is 0. The number of nitriles is 1. The van der Waals surface area contributed by atoms with Crippen LogP contribution >= 0.6 is 0 Å². The van der Waals surface area contributed by atoms with Gasteiger partial charge in [-0.05, 0) is 25.5 Å². The number of benzene rings is 1. The van der Waals surface area contributed by atoms with Gasteiger partial charge in [-0.25, -0.2) is 0 Å². The molecule has 2 atom stereocenters. The van der Waals surface area contributed by atoms with Gasteiger partial charge in [-0.3, -0.25) is 9.59 Å². The van der Waals surface area contributed by atoms with Gasteiger partial charge in [0.25, 0.3) is 11.8 Å². The quantitative estimate of drug-likeness (QED) is 0.659. The lowest BCUT2D eigenvalue weighted by atomic mass is 10.2. The van der Waals surface area contributed by atoms with E-state index in [4.69, 9.17) is 5.26 Å². The fourth-order valence-electron chi connectivity index (χ4n) is 1.89. The van der Waals surface area contributed by atoms with Crippen LogP contribution in [-0.2, 0) is 9.59 Å². The van der Waals surface area contributed by atoms with Gasteiger partial charge in [-0.15, -0.1) is 0 Å². The van der Waals surface area contributed by atoms with Gasteiger partial charge in [0.15, 0.2) is 12.6 Å². The average molecular weight is 303 g/mol. The van der Waals surface area contributed by atoms with E-state index < -0.39 is 6.04 Å². The molecule has 1 unspecified atom stereocenters. The van der Waals surface area contributed by atoms with Crippen molar-refractivity contribution in [3.05, 3.63) is 29.8 Å². The van der Waals surface area contributed by atoms with Crippen LogP contribution in [0.1, 0.15) is 25.8 Å². The van der Waals surface area contributed by atoms with Crippen LogP contribution in [0.15, 0.2) is 24.3 Å². The summed E-state index contributed by atoms with van der Waals surface area (Å²) in [5.74, 6) is -0.292. The molecular weight excluding hydrogens is 280 g/mol. The molecule has 0 saturated heterocycles.